The van der Waals surface area contributed by atoms with Crippen LogP contribution in [0.1, 0.15) is 30.0 Å². The lowest BCUT2D eigenvalue weighted by atomic mass is 10.1. The lowest BCUT2D eigenvalue weighted by Gasteiger charge is -2.14. The van der Waals surface area contributed by atoms with Crippen molar-refractivity contribution in [1.29, 1.82) is 0 Å². The molecule has 5 nitrogen and oxygen atoms in total. The maximum atomic E-state index is 5.99. The lowest BCUT2D eigenvalue weighted by molar-refractivity contribution is 0.215. The Morgan fingerprint density at radius 1 is 0.931 bits per heavy atom. The van der Waals surface area contributed by atoms with Crippen LogP contribution in [0.25, 0.3) is 0 Å². The van der Waals surface area contributed by atoms with Gasteiger partial charge in [-0.25, -0.2) is 0 Å². The van der Waals surface area contributed by atoms with Crippen molar-refractivity contribution in [2.45, 2.75) is 33.6 Å². The molecule has 0 radical (unpaired) electrons. The van der Waals surface area contributed by atoms with Gasteiger partial charge in [0.15, 0.2) is 0 Å². The van der Waals surface area contributed by atoms with E-state index in [2.05, 4.69) is 9.99 Å². The Balaban J connectivity index is 1.78. The predicted molar refractivity (Wildman–Crippen MR) is 117 cm³/mol. The lowest BCUT2D eigenvalue weighted by Crippen LogP contribution is -2.07. The summed E-state index contributed by atoms with van der Waals surface area (Å²) >= 11 is 0. The first kappa shape index (κ1) is 22.3. The number of hydrogen-bond acceptors (Lipinski definition) is 5. The van der Waals surface area contributed by atoms with Gasteiger partial charge in [0.2, 0.25) is 0 Å². The maximum Gasteiger partial charge on any atom is 0.125 e. The van der Waals surface area contributed by atoms with E-state index >= 15 is 0 Å². The minimum atomic E-state index is 0.577. The number of aryl methyl sites for hydroxylation is 2. The number of allylic oxidation sites excluding steroid dienone is 1. The summed E-state index contributed by atoms with van der Waals surface area (Å²) < 4.78 is 17.6. The van der Waals surface area contributed by atoms with Crippen LogP contribution in [0, 0.1) is 13.8 Å². The van der Waals surface area contributed by atoms with Gasteiger partial charge in [0.05, 0.1) is 13.2 Å². The molecule has 0 heterocycles. The SMILES string of the molecule is C/C=C/COc1cc(C)c(OCCCOc2cccc(CC=NOC)c2)c(C)c1. The molecule has 0 fully saturated rings. The number of rotatable bonds is 12. The van der Waals surface area contributed by atoms with Crippen molar-refractivity contribution in [3.05, 3.63) is 65.2 Å². The number of ether oxygens (including phenoxy) is 3. The molecule has 2 aromatic rings. The van der Waals surface area contributed by atoms with E-state index in [1.165, 1.54) is 7.11 Å². The highest BCUT2D eigenvalue weighted by molar-refractivity contribution is 5.61. The summed E-state index contributed by atoms with van der Waals surface area (Å²) in [5, 5.41) is 3.76. The monoisotopic (exact) mass is 397 g/mol. The quantitative estimate of drug-likeness (QED) is 0.212. The van der Waals surface area contributed by atoms with Crippen molar-refractivity contribution in [2.75, 3.05) is 26.9 Å². The Morgan fingerprint density at radius 2 is 1.69 bits per heavy atom. The van der Waals surface area contributed by atoms with Crippen molar-refractivity contribution < 1.29 is 19.0 Å². The fraction of sp³-hybridized carbons (Fsp3) is 0.375. The van der Waals surface area contributed by atoms with Crippen molar-refractivity contribution >= 4 is 6.21 Å². The molecule has 29 heavy (non-hydrogen) atoms. The van der Waals surface area contributed by atoms with E-state index in [4.69, 9.17) is 14.2 Å². The van der Waals surface area contributed by atoms with Crippen LogP contribution in [0.5, 0.6) is 17.2 Å². The molecule has 0 aliphatic carbocycles. The van der Waals surface area contributed by atoms with Gasteiger partial charge in [-0.1, -0.05) is 29.4 Å². The van der Waals surface area contributed by atoms with Gasteiger partial charge < -0.3 is 19.0 Å². The fourth-order valence-electron chi connectivity index (χ4n) is 2.86. The zero-order chi connectivity index (χ0) is 20.9. The molecule has 0 spiro atoms. The predicted octanol–water partition coefficient (Wildman–Crippen LogP) is 5.28. The van der Waals surface area contributed by atoms with Crippen molar-refractivity contribution in [1.82, 2.24) is 0 Å². The Morgan fingerprint density at radius 3 is 2.41 bits per heavy atom. The van der Waals surface area contributed by atoms with E-state index in [1.807, 2.05) is 69.3 Å². The second-order valence-corrected chi connectivity index (χ2v) is 6.64. The first-order chi connectivity index (χ1) is 14.1. The fourth-order valence-corrected chi connectivity index (χ4v) is 2.86. The second kappa shape index (κ2) is 12.5. The molecule has 2 aromatic carbocycles. The third-order valence-electron chi connectivity index (χ3n) is 4.22. The summed E-state index contributed by atoms with van der Waals surface area (Å²) in [5.74, 6) is 2.63. The van der Waals surface area contributed by atoms with Crippen molar-refractivity contribution in [3.8, 4) is 17.2 Å². The van der Waals surface area contributed by atoms with E-state index < -0.39 is 0 Å². The largest absolute Gasteiger partial charge is 0.493 e. The van der Waals surface area contributed by atoms with Gasteiger partial charge in [0.25, 0.3) is 0 Å². The normalized spacial score (nSPS) is 11.2. The van der Waals surface area contributed by atoms with Crippen LogP contribution in [-0.4, -0.2) is 33.1 Å². The zero-order valence-electron chi connectivity index (χ0n) is 17.8. The summed E-state index contributed by atoms with van der Waals surface area (Å²) in [6.07, 6.45) is 7.20. The molecule has 0 saturated heterocycles. The zero-order valence-corrected chi connectivity index (χ0v) is 17.8. The highest BCUT2D eigenvalue weighted by Gasteiger charge is 2.07. The third kappa shape index (κ3) is 7.90. The van der Waals surface area contributed by atoms with Crippen LogP contribution in [0.2, 0.25) is 0 Å². The van der Waals surface area contributed by atoms with E-state index in [9.17, 15) is 0 Å². The molecule has 0 aliphatic rings. The average Bonchev–Trinajstić information content (AvgIpc) is 2.70. The van der Waals surface area contributed by atoms with E-state index in [-0.39, 0.29) is 0 Å². The number of benzene rings is 2. The maximum absolute atomic E-state index is 5.99. The summed E-state index contributed by atoms with van der Waals surface area (Å²) in [4.78, 5) is 4.68. The molecule has 0 atom stereocenters. The summed E-state index contributed by atoms with van der Waals surface area (Å²) in [7, 11) is 1.54. The molecule has 0 aromatic heterocycles. The molecule has 0 N–H and O–H groups in total. The smallest absolute Gasteiger partial charge is 0.125 e. The third-order valence-corrected chi connectivity index (χ3v) is 4.22. The van der Waals surface area contributed by atoms with E-state index in [0.29, 0.717) is 26.2 Å². The average molecular weight is 398 g/mol. The van der Waals surface area contributed by atoms with Gasteiger partial charge in [-0.2, -0.15) is 0 Å². The number of nitrogens with zero attached hydrogens (tertiary/aromatic N) is 1. The highest BCUT2D eigenvalue weighted by atomic mass is 16.6. The first-order valence-electron chi connectivity index (χ1n) is 9.88. The van der Waals surface area contributed by atoms with Crippen LogP contribution >= 0.6 is 0 Å². The molecule has 2 rings (SSSR count). The Labute approximate surface area is 173 Å². The van der Waals surface area contributed by atoms with Gasteiger partial charge in [-0.05, 0) is 61.7 Å². The van der Waals surface area contributed by atoms with Crippen molar-refractivity contribution in [3.63, 3.8) is 0 Å². The summed E-state index contributed by atoms with van der Waals surface area (Å²) in [6.45, 7) is 7.83. The molecule has 0 aliphatic heterocycles. The molecule has 0 unspecified atom stereocenters. The van der Waals surface area contributed by atoms with Crippen LogP contribution in [0.3, 0.4) is 0 Å². The van der Waals surface area contributed by atoms with Crippen LogP contribution in [0.4, 0.5) is 0 Å². The van der Waals surface area contributed by atoms with E-state index in [1.54, 1.807) is 6.21 Å². The van der Waals surface area contributed by atoms with Gasteiger partial charge in [0, 0.05) is 19.1 Å². The van der Waals surface area contributed by atoms with Crippen LogP contribution < -0.4 is 14.2 Å². The van der Waals surface area contributed by atoms with Gasteiger partial charge in [-0.15, -0.1) is 0 Å². The highest BCUT2D eigenvalue weighted by Crippen LogP contribution is 2.28. The Bertz CT molecular complexity index is 791. The van der Waals surface area contributed by atoms with Crippen molar-refractivity contribution in [2.24, 2.45) is 5.16 Å². The number of oxime groups is 1. The van der Waals surface area contributed by atoms with Gasteiger partial charge in [-0.3, -0.25) is 0 Å². The molecule has 156 valence electrons. The van der Waals surface area contributed by atoms with Gasteiger partial charge in [0.1, 0.15) is 31.0 Å². The Hall–Kier alpha value is -2.95. The first-order valence-corrected chi connectivity index (χ1v) is 9.88. The minimum Gasteiger partial charge on any atom is -0.493 e. The number of hydrogen-bond donors (Lipinski definition) is 0. The van der Waals surface area contributed by atoms with Crippen LogP contribution in [-0.2, 0) is 11.3 Å². The topological polar surface area (TPSA) is 49.3 Å². The summed E-state index contributed by atoms with van der Waals surface area (Å²) in [6, 6.07) is 12.0. The molecule has 0 amide bonds. The standard InChI is InChI=1S/C24H31NO4/c1-5-6-13-28-23-16-19(2)24(20(3)17-23)29-15-8-14-27-22-10-7-9-21(18-22)11-12-25-26-4/h5-7,9-10,12,16-18H,8,11,13-15H2,1-4H3/b6-5+,25-12?. The second-order valence-electron chi connectivity index (χ2n) is 6.64. The molecular formula is C24H31NO4. The van der Waals surface area contributed by atoms with E-state index in [0.717, 1.165) is 40.4 Å². The minimum absolute atomic E-state index is 0.577. The molecule has 0 saturated carbocycles. The summed E-state index contributed by atoms with van der Waals surface area (Å²) in [5.41, 5.74) is 3.28. The van der Waals surface area contributed by atoms with Gasteiger partial charge >= 0.3 is 0 Å². The molecule has 0 bridgehead atoms. The molecule has 5 heteroatoms. The van der Waals surface area contributed by atoms with Crippen LogP contribution in [0.15, 0.2) is 53.7 Å². The Kier molecular flexibility index (Phi) is 9.63. The molecular weight excluding hydrogens is 366 g/mol.